The molecule has 0 spiro atoms. The molecule has 1 amide bonds. The predicted molar refractivity (Wildman–Crippen MR) is 86.0 cm³/mol. The summed E-state index contributed by atoms with van der Waals surface area (Å²) in [5.41, 5.74) is 1.71. The predicted octanol–water partition coefficient (Wildman–Crippen LogP) is 2.52. The van der Waals surface area contributed by atoms with E-state index in [1.165, 1.54) is 11.3 Å². The first-order valence-electron chi connectivity index (χ1n) is 7.72. The summed E-state index contributed by atoms with van der Waals surface area (Å²) in [6.45, 7) is 2.82. The molecule has 2 aromatic rings. The number of aliphatic hydroxyl groups is 1. The topological polar surface area (TPSA) is 67.2 Å². The van der Waals surface area contributed by atoms with Gasteiger partial charge in [0.1, 0.15) is 0 Å². The van der Waals surface area contributed by atoms with Crippen molar-refractivity contribution in [2.75, 3.05) is 0 Å². The fraction of sp³-hybridized carbons (Fsp3) is 0.500. The van der Waals surface area contributed by atoms with Gasteiger partial charge in [-0.15, -0.1) is 11.3 Å². The Labute approximate surface area is 134 Å². The van der Waals surface area contributed by atoms with E-state index >= 15 is 0 Å². The number of aromatic nitrogens is 2. The number of nitrogens with one attached hydrogen (secondary N) is 1. The van der Waals surface area contributed by atoms with Crippen LogP contribution in [0.4, 0.5) is 0 Å². The van der Waals surface area contributed by atoms with Gasteiger partial charge < -0.3 is 10.4 Å². The first-order chi connectivity index (χ1) is 10.6. The lowest BCUT2D eigenvalue weighted by Gasteiger charge is -2.18. The summed E-state index contributed by atoms with van der Waals surface area (Å²) < 4.78 is 1.93. The summed E-state index contributed by atoms with van der Waals surface area (Å²) in [5.74, 6) is -0.0889. The smallest absolute Gasteiger partial charge is 0.254 e. The monoisotopic (exact) mass is 319 g/mol. The van der Waals surface area contributed by atoms with E-state index in [4.69, 9.17) is 0 Å². The van der Waals surface area contributed by atoms with Crippen molar-refractivity contribution in [2.45, 2.75) is 51.3 Å². The van der Waals surface area contributed by atoms with Gasteiger partial charge in [-0.2, -0.15) is 5.10 Å². The lowest BCUT2D eigenvalue weighted by Crippen LogP contribution is -2.34. The highest BCUT2D eigenvalue weighted by atomic mass is 32.1. The number of hydrogen-bond donors (Lipinski definition) is 2. The lowest BCUT2D eigenvalue weighted by molar-refractivity contribution is 0.0917. The molecule has 5 nitrogen and oxygen atoms in total. The van der Waals surface area contributed by atoms with Gasteiger partial charge in [0.05, 0.1) is 23.6 Å². The van der Waals surface area contributed by atoms with Gasteiger partial charge in [-0.25, -0.2) is 0 Å². The number of carbonyl (C=O) groups is 1. The number of fused-ring (bicyclic) bond motifs is 1. The molecule has 2 aromatic heterocycles. The van der Waals surface area contributed by atoms with E-state index in [0.717, 1.165) is 36.4 Å². The van der Waals surface area contributed by atoms with Crippen molar-refractivity contribution in [1.82, 2.24) is 15.1 Å². The number of aryl methyl sites for hydroxylation is 1. The van der Waals surface area contributed by atoms with E-state index in [9.17, 15) is 9.90 Å². The maximum absolute atomic E-state index is 12.4. The van der Waals surface area contributed by atoms with Gasteiger partial charge >= 0.3 is 0 Å². The molecule has 3 rings (SSSR count). The van der Waals surface area contributed by atoms with Gasteiger partial charge in [0.25, 0.3) is 5.91 Å². The Balaban J connectivity index is 1.60. The molecule has 0 aromatic carbocycles. The molecule has 2 N–H and O–H groups in total. The minimum atomic E-state index is -0.531. The molecule has 22 heavy (non-hydrogen) atoms. The average Bonchev–Trinajstić information content (AvgIpc) is 3.16. The molecule has 6 heteroatoms. The summed E-state index contributed by atoms with van der Waals surface area (Å²) in [7, 11) is 0. The number of rotatable bonds is 5. The van der Waals surface area contributed by atoms with Crippen LogP contribution < -0.4 is 5.32 Å². The van der Waals surface area contributed by atoms with Crippen LogP contribution in [-0.2, 0) is 13.0 Å². The van der Waals surface area contributed by atoms with E-state index in [-0.39, 0.29) is 11.9 Å². The standard InChI is InChI=1S/C16H21N3O2S/c1-11(9-14(20)15-6-4-8-22-15)18-16(21)12-10-17-19-7-3-2-5-13(12)19/h4,6,8,10-11,14,20H,2-3,5,7,9H2,1H3,(H,18,21)/t11-,14-/m0/s1. The quantitative estimate of drug-likeness (QED) is 0.890. The van der Waals surface area contributed by atoms with Crippen molar-refractivity contribution in [3.8, 4) is 0 Å². The van der Waals surface area contributed by atoms with Crippen LogP contribution in [0.25, 0.3) is 0 Å². The molecule has 0 aliphatic carbocycles. The number of amides is 1. The Bertz CT molecular complexity index is 636. The van der Waals surface area contributed by atoms with Crippen LogP contribution in [0.15, 0.2) is 23.7 Å². The van der Waals surface area contributed by atoms with Crippen LogP contribution in [0.5, 0.6) is 0 Å². The molecule has 0 unspecified atom stereocenters. The Kier molecular flexibility index (Phi) is 4.59. The fourth-order valence-corrected chi connectivity index (χ4v) is 3.63. The zero-order chi connectivity index (χ0) is 15.5. The minimum absolute atomic E-state index is 0.0889. The Morgan fingerprint density at radius 3 is 3.18 bits per heavy atom. The first kappa shape index (κ1) is 15.2. The summed E-state index contributed by atoms with van der Waals surface area (Å²) in [6.07, 6.45) is 4.79. The highest BCUT2D eigenvalue weighted by molar-refractivity contribution is 7.10. The SMILES string of the molecule is C[C@@H](C[C@H](O)c1cccs1)NC(=O)c1cnn2c1CCCC2. The van der Waals surface area contributed by atoms with Crippen molar-refractivity contribution in [3.05, 3.63) is 39.8 Å². The zero-order valence-electron chi connectivity index (χ0n) is 12.7. The molecule has 0 fully saturated rings. The summed E-state index contributed by atoms with van der Waals surface area (Å²) in [4.78, 5) is 13.3. The first-order valence-corrected chi connectivity index (χ1v) is 8.60. The molecule has 0 radical (unpaired) electrons. The van der Waals surface area contributed by atoms with Crippen molar-refractivity contribution in [2.24, 2.45) is 0 Å². The Hall–Kier alpha value is -1.66. The molecule has 118 valence electrons. The lowest BCUT2D eigenvalue weighted by atomic mass is 10.1. The number of aliphatic hydroxyl groups excluding tert-OH is 1. The summed E-state index contributed by atoms with van der Waals surface area (Å²) in [5, 5.41) is 19.4. The van der Waals surface area contributed by atoms with E-state index in [2.05, 4.69) is 10.4 Å². The Morgan fingerprint density at radius 1 is 1.55 bits per heavy atom. The second kappa shape index (κ2) is 6.62. The molecule has 0 saturated carbocycles. The number of nitrogens with zero attached hydrogens (tertiary/aromatic N) is 2. The van der Waals surface area contributed by atoms with Crippen molar-refractivity contribution >= 4 is 17.2 Å². The van der Waals surface area contributed by atoms with Crippen LogP contribution >= 0.6 is 11.3 Å². The second-order valence-corrected chi connectivity index (χ2v) is 6.81. The van der Waals surface area contributed by atoms with Crippen molar-refractivity contribution < 1.29 is 9.90 Å². The number of thiophene rings is 1. The minimum Gasteiger partial charge on any atom is -0.387 e. The van der Waals surface area contributed by atoms with Crippen LogP contribution in [0.3, 0.4) is 0 Å². The van der Waals surface area contributed by atoms with E-state index < -0.39 is 6.10 Å². The fourth-order valence-electron chi connectivity index (χ4n) is 2.90. The third-order valence-corrected chi connectivity index (χ3v) is 5.03. The normalized spacial score (nSPS) is 16.8. The molecule has 0 bridgehead atoms. The van der Waals surface area contributed by atoms with Crippen LogP contribution in [0.2, 0.25) is 0 Å². The van der Waals surface area contributed by atoms with Gasteiger partial charge in [0.2, 0.25) is 0 Å². The Morgan fingerprint density at radius 2 is 2.41 bits per heavy atom. The van der Waals surface area contributed by atoms with E-state index in [0.29, 0.717) is 12.0 Å². The van der Waals surface area contributed by atoms with Gasteiger partial charge in [-0.3, -0.25) is 9.48 Å². The van der Waals surface area contributed by atoms with Crippen molar-refractivity contribution in [1.29, 1.82) is 0 Å². The summed E-state index contributed by atoms with van der Waals surface area (Å²) in [6, 6.07) is 3.74. The summed E-state index contributed by atoms with van der Waals surface area (Å²) >= 11 is 1.53. The van der Waals surface area contributed by atoms with Gasteiger partial charge in [0.15, 0.2) is 0 Å². The molecule has 2 atom stereocenters. The number of hydrogen-bond acceptors (Lipinski definition) is 4. The van der Waals surface area contributed by atoms with Gasteiger partial charge in [-0.05, 0) is 44.1 Å². The number of carbonyl (C=O) groups excluding carboxylic acids is 1. The third kappa shape index (κ3) is 3.23. The van der Waals surface area contributed by atoms with E-state index in [1.54, 1.807) is 6.20 Å². The van der Waals surface area contributed by atoms with Crippen LogP contribution in [0, 0.1) is 0 Å². The highest BCUT2D eigenvalue weighted by Crippen LogP contribution is 2.23. The zero-order valence-corrected chi connectivity index (χ0v) is 13.5. The third-order valence-electron chi connectivity index (χ3n) is 4.05. The van der Waals surface area contributed by atoms with Crippen molar-refractivity contribution in [3.63, 3.8) is 0 Å². The maximum Gasteiger partial charge on any atom is 0.254 e. The van der Waals surface area contributed by atoms with Gasteiger partial charge in [-0.1, -0.05) is 6.07 Å². The molecule has 1 aliphatic rings. The largest absolute Gasteiger partial charge is 0.387 e. The molecule has 3 heterocycles. The van der Waals surface area contributed by atoms with Crippen LogP contribution in [-0.4, -0.2) is 26.8 Å². The molecular formula is C16H21N3O2S. The van der Waals surface area contributed by atoms with E-state index in [1.807, 2.05) is 29.1 Å². The molecular weight excluding hydrogens is 298 g/mol. The molecule has 0 saturated heterocycles. The average molecular weight is 319 g/mol. The second-order valence-electron chi connectivity index (χ2n) is 5.83. The highest BCUT2D eigenvalue weighted by Gasteiger charge is 2.22. The van der Waals surface area contributed by atoms with Crippen LogP contribution in [0.1, 0.15) is 53.2 Å². The van der Waals surface area contributed by atoms with Gasteiger partial charge in [0, 0.05) is 17.5 Å². The molecule has 1 aliphatic heterocycles. The maximum atomic E-state index is 12.4.